The molecule has 0 atom stereocenters. The first-order chi connectivity index (χ1) is 17.0. The maximum atomic E-state index is 13.3. The lowest BCUT2D eigenvalue weighted by Gasteiger charge is -2.16. The van der Waals surface area contributed by atoms with Crippen LogP contribution in [0.25, 0.3) is 22.6 Å². The normalized spacial score (nSPS) is 12.2. The summed E-state index contributed by atoms with van der Waals surface area (Å²) in [5.41, 5.74) is 5.08. The number of fused-ring (bicyclic) bond motifs is 1. The topological polar surface area (TPSA) is 118 Å². The lowest BCUT2D eigenvalue weighted by atomic mass is 9.99. The van der Waals surface area contributed by atoms with Crippen LogP contribution >= 0.6 is 0 Å². The highest BCUT2D eigenvalue weighted by molar-refractivity contribution is 6.10. The molecule has 1 amide bonds. The van der Waals surface area contributed by atoms with Gasteiger partial charge in [-0.15, -0.1) is 10.2 Å². The Bertz CT molecular complexity index is 1410. The number of anilines is 1. The van der Waals surface area contributed by atoms with E-state index in [1.54, 1.807) is 11.2 Å². The molecule has 5 rings (SSSR count). The molecule has 4 aromatic rings. The highest BCUT2D eigenvalue weighted by Crippen LogP contribution is 2.32. The molecule has 9 heteroatoms. The van der Waals surface area contributed by atoms with Gasteiger partial charge in [0.25, 0.3) is 5.91 Å². The second-order valence-corrected chi connectivity index (χ2v) is 8.24. The summed E-state index contributed by atoms with van der Waals surface area (Å²) in [6, 6.07) is 19.5. The zero-order valence-corrected chi connectivity index (χ0v) is 19.3. The van der Waals surface area contributed by atoms with Gasteiger partial charge in [0.2, 0.25) is 0 Å². The SMILES string of the molecule is CC(C)n1cnnc1-c1cccc(N2Cc3ccc(-c4cccc(CO)c4)cc3C2=O)n1.O=C=O. The first-order valence-electron chi connectivity index (χ1n) is 11.0. The average Bonchev–Trinajstić information content (AvgIpc) is 3.50. The zero-order chi connectivity index (χ0) is 24.9. The minimum Gasteiger partial charge on any atom is -0.392 e. The summed E-state index contributed by atoms with van der Waals surface area (Å²) >= 11 is 0. The monoisotopic (exact) mass is 469 g/mol. The maximum Gasteiger partial charge on any atom is 0.373 e. The number of aliphatic hydroxyl groups is 1. The zero-order valence-electron chi connectivity index (χ0n) is 19.3. The van der Waals surface area contributed by atoms with Crippen molar-refractivity contribution in [2.75, 3.05) is 4.90 Å². The van der Waals surface area contributed by atoms with Gasteiger partial charge in [-0.1, -0.05) is 36.4 Å². The fraction of sp³-hybridized carbons (Fsp3) is 0.192. The van der Waals surface area contributed by atoms with Crippen LogP contribution in [0.15, 0.2) is 67.0 Å². The first kappa shape index (κ1) is 23.7. The molecule has 1 N–H and O–H groups in total. The molecule has 0 radical (unpaired) electrons. The van der Waals surface area contributed by atoms with Crippen LogP contribution in [0.3, 0.4) is 0 Å². The van der Waals surface area contributed by atoms with Gasteiger partial charge in [0.15, 0.2) is 5.82 Å². The summed E-state index contributed by atoms with van der Waals surface area (Å²) < 4.78 is 1.96. The van der Waals surface area contributed by atoms with Gasteiger partial charge in [-0.05, 0) is 60.4 Å². The van der Waals surface area contributed by atoms with E-state index in [0.717, 1.165) is 22.3 Å². The molecule has 0 saturated heterocycles. The Kier molecular flexibility index (Phi) is 6.91. The predicted octanol–water partition coefficient (Wildman–Crippen LogP) is 3.66. The third kappa shape index (κ3) is 4.77. The Morgan fingerprint density at radius 1 is 1.03 bits per heavy atom. The minimum atomic E-state index is -0.0739. The average molecular weight is 470 g/mol. The molecular formula is C26H23N5O4. The van der Waals surface area contributed by atoms with Crippen molar-refractivity contribution in [2.24, 2.45) is 0 Å². The highest BCUT2D eigenvalue weighted by atomic mass is 16.3. The van der Waals surface area contributed by atoms with Gasteiger partial charge in [-0.2, -0.15) is 9.59 Å². The number of aromatic nitrogens is 4. The standard InChI is InChI=1S/C25H23N5O2.CO2/c1-16(2)30-15-26-28-24(30)22-7-4-8-23(27-22)29-13-20-10-9-19(12-21(20)25(29)32)18-6-3-5-17(11-18)14-31;2-1-3/h3-12,15-16,31H,13-14H2,1-2H3;. The van der Waals surface area contributed by atoms with Crippen LogP contribution in [0.4, 0.5) is 5.82 Å². The molecule has 1 aliphatic rings. The lowest BCUT2D eigenvalue weighted by molar-refractivity contribution is -0.191. The fourth-order valence-electron chi connectivity index (χ4n) is 4.02. The van der Waals surface area contributed by atoms with Crippen molar-refractivity contribution in [1.29, 1.82) is 0 Å². The van der Waals surface area contributed by atoms with Crippen LogP contribution in [0.1, 0.15) is 41.4 Å². The van der Waals surface area contributed by atoms with E-state index >= 15 is 0 Å². The Labute approximate surface area is 201 Å². The second kappa shape index (κ2) is 10.2. The van der Waals surface area contributed by atoms with E-state index in [9.17, 15) is 9.90 Å². The van der Waals surface area contributed by atoms with Crippen LogP contribution in [-0.4, -0.2) is 36.9 Å². The van der Waals surface area contributed by atoms with Crippen molar-refractivity contribution in [3.05, 3.63) is 83.7 Å². The summed E-state index contributed by atoms with van der Waals surface area (Å²) in [4.78, 5) is 36.0. The Morgan fingerprint density at radius 2 is 1.77 bits per heavy atom. The van der Waals surface area contributed by atoms with Gasteiger partial charge >= 0.3 is 6.15 Å². The Hall–Kier alpha value is -4.46. The third-order valence-electron chi connectivity index (χ3n) is 5.73. The summed E-state index contributed by atoms with van der Waals surface area (Å²) in [6.45, 7) is 4.58. The van der Waals surface area contributed by atoms with E-state index in [-0.39, 0.29) is 24.7 Å². The van der Waals surface area contributed by atoms with Crippen molar-refractivity contribution in [3.63, 3.8) is 0 Å². The summed E-state index contributed by atoms with van der Waals surface area (Å²) in [6.07, 6.45) is 1.94. The summed E-state index contributed by atoms with van der Waals surface area (Å²) in [7, 11) is 0. The van der Waals surface area contributed by atoms with Crippen molar-refractivity contribution in [1.82, 2.24) is 19.7 Å². The lowest BCUT2D eigenvalue weighted by Crippen LogP contribution is -2.24. The molecule has 0 aliphatic carbocycles. The number of pyridine rings is 1. The molecular weight excluding hydrogens is 446 g/mol. The highest BCUT2D eigenvalue weighted by Gasteiger charge is 2.30. The van der Waals surface area contributed by atoms with Gasteiger partial charge in [-0.3, -0.25) is 9.69 Å². The first-order valence-corrected chi connectivity index (χ1v) is 11.0. The maximum absolute atomic E-state index is 13.3. The molecule has 0 unspecified atom stereocenters. The molecule has 0 fully saturated rings. The van der Waals surface area contributed by atoms with E-state index in [2.05, 4.69) is 24.0 Å². The molecule has 3 heterocycles. The van der Waals surface area contributed by atoms with Gasteiger partial charge in [0, 0.05) is 11.6 Å². The third-order valence-corrected chi connectivity index (χ3v) is 5.73. The van der Waals surface area contributed by atoms with E-state index in [1.807, 2.05) is 65.2 Å². The molecule has 2 aromatic heterocycles. The number of benzene rings is 2. The number of carbonyl (C=O) groups excluding carboxylic acids is 3. The number of hydrogen-bond acceptors (Lipinski definition) is 7. The minimum absolute atomic E-state index is 0.0158. The number of aliphatic hydroxyl groups excluding tert-OH is 1. The van der Waals surface area contributed by atoms with Gasteiger partial charge in [-0.25, -0.2) is 4.98 Å². The van der Waals surface area contributed by atoms with Crippen LogP contribution < -0.4 is 4.90 Å². The molecule has 2 aromatic carbocycles. The molecule has 0 bridgehead atoms. The Balaban J connectivity index is 0.000000917. The number of rotatable bonds is 5. The van der Waals surface area contributed by atoms with Gasteiger partial charge in [0.05, 0.1) is 13.2 Å². The second-order valence-electron chi connectivity index (χ2n) is 8.24. The van der Waals surface area contributed by atoms with Crippen LogP contribution in [-0.2, 0) is 22.7 Å². The molecule has 1 aliphatic heterocycles. The quantitative estimate of drug-likeness (QED) is 0.474. The molecule has 35 heavy (non-hydrogen) atoms. The molecule has 176 valence electrons. The van der Waals surface area contributed by atoms with E-state index in [0.29, 0.717) is 29.4 Å². The van der Waals surface area contributed by atoms with E-state index < -0.39 is 0 Å². The van der Waals surface area contributed by atoms with Crippen LogP contribution in [0, 0.1) is 0 Å². The van der Waals surface area contributed by atoms with E-state index in [4.69, 9.17) is 14.6 Å². The number of amides is 1. The largest absolute Gasteiger partial charge is 0.392 e. The molecule has 0 spiro atoms. The van der Waals surface area contributed by atoms with Gasteiger partial charge < -0.3 is 9.67 Å². The van der Waals surface area contributed by atoms with Crippen LogP contribution in [0.2, 0.25) is 0 Å². The van der Waals surface area contributed by atoms with Crippen molar-refractivity contribution >= 4 is 17.9 Å². The number of hydrogen-bond donors (Lipinski definition) is 1. The van der Waals surface area contributed by atoms with Crippen LogP contribution in [0.5, 0.6) is 0 Å². The van der Waals surface area contributed by atoms with Crippen molar-refractivity contribution < 1.29 is 19.5 Å². The summed E-state index contributed by atoms with van der Waals surface area (Å²) in [5, 5.41) is 17.7. The van der Waals surface area contributed by atoms with Crippen molar-refractivity contribution in [3.8, 4) is 22.6 Å². The fourth-order valence-corrected chi connectivity index (χ4v) is 4.02. The number of nitrogens with zero attached hydrogens (tertiary/aromatic N) is 5. The van der Waals surface area contributed by atoms with Crippen molar-refractivity contribution in [2.45, 2.75) is 33.0 Å². The smallest absolute Gasteiger partial charge is 0.373 e. The molecule has 0 saturated carbocycles. The Morgan fingerprint density at radius 3 is 2.51 bits per heavy atom. The van der Waals surface area contributed by atoms with E-state index in [1.165, 1.54) is 0 Å². The molecule has 9 nitrogen and oxygen atoms in total. The summed E-state index contributed by atoms with van der Waals surface area (Å²) in [5.74, 6) is 1.19. The predicted molar refractivity (Wildman–Crippen MR) is 127 cm³/mol. The number of carbonyl (C=O) groups is 1. The van der Waals surface area contributed by atoms with Gasteiger partial charge in [0.1, 0.15) is 17.8 Å².